The maximum atomic E-state index is 10.7. The molecule has 0 heterocycles. The number of benzene rings is 1. The Kier molecular flexibility index (Phi) is 3.74. The smallest absolute Gasteiger partial charge is 0.411 e. The molecule has 0 atom stereocenters. The monoisotopic (exact) mass is 207 g/mol. The van der Waals surface area contributed by atoms with E-state index in [1.807, 2.05) is 0 Å². The van der Waals surface area contributed by atoms with E-state index in [0.717, 1.165) is 4.90 Å². The molecule has 0 radical (unpaired) electrons. The molecule has 0 fully saturated rings. The number of carbonyl (C=O) groups is 1. The summed E-state index contributed by atoms with van der Waals surface area (Å²) in [6, 6.07) is 6.88. The summed E-state index contributed by atoms with van der Waals surface area (Å²) in [5.41, 5.74) is 0.573. The largest absolute Gasteiger partial charge is 0.489 e. The molecule has 4 heteroatoms. The molecule has 15 heavy (non-hydrogen) atoms. The summed E-state index contributed by atoms with van der Waals surface area (Å²) in [6.07, 6.45) is 0.629. The highest BCUT2D eigenvalue weighted by Gasteiger charge is 2.08. The minimum atomic E-state index is -1.00. The third-order valence-electron chi connectivity index (χ3n) is 1.86. The molecule has 1 rings (SSSR count). The van der Waals surface area contributed by atoms with Crippen LogP contribution in [0.4, 0.5) is 10.5 Å². The molecule has 1 aromatic carbocycles. The van der Waals surface area contributed by atoms with Crippen molar-refractivity contribution in [1.82, 2.24) is 0 Å². The predicted octanol–water partition coefficient (Wildman–Crippen LogP) is 2.37. The SMILES string of the molecule is C=CCOc1cccc(N(C)C(=O)O)c1. The number of ether oxygens (including phenoxy) is 1. The van der Waals surface area contributed by atoms with Gasteiger partial charge < -0.3 is 9.84 Å². The normalized spacial score (nSPS) is 9.40. The van der Waals surface area contributed by atoms with Gasteiger partial charge in [0.1, 0.15) is 12.4 Å². The Labute approximate surface area is 88.4 Å². The highest BCUT2D eigenvalue weighted by Crippen LogP contribution is 2.20. The molecule has 1 amide bonds. The van der Waals surface area contributed by atoms with E-state index >= 15 is 0 Å². The summed E-state index contributed by atoms with van der Waals surface area (Å²) in [5.74, 6) is 0.625. The lowest BCUT2D eigenvalue weighted by Crippen LogP contribution is -2.23. The summed E-state index contributed by atoms with van der Waals surface area (Å²) in [6.45, 7) is 3.93. The molecule has 0 aliphatic heterocycles. The van der Waals surface area contributed by atoms with Crippen LogP contribution in [0.15, 0.2) is 36.9 Å². The van der Waals surface area contributed by atoms with Gasteiger partial charge in [-0.3, -0.25) is 4.90 Å². The molecule has 0 aliphatic carbocycles. The zero-order chi connectivity index (χ0) is 11.3. The van der Waals surface area contributed by atoms with Crippen LogP contribution < -0.4 is 9.64 Å². The van der Waals surface area contributed by atoms with Crippen molar-refractivity contribution in [2.24, 2.45) is 0 Å². The van der Waals surface area contributed by atoms with Crippen molar-refractivity contribution in [2.45, 2.75) is 0 Å². The number of nitrogens with zero attached hydrogens (tertiary/aromatic N) is 1. The minimum Gasteiger partial charge on any atom is -0.489 e. The van der Waals surface area contributed by atoms with Crippen LogP contribution in [0.25, 0.3) is 0 Å². The minimum absolute atomic E-state index is 0.403. The second-order valence-corrected chi connectivity index (χ2v) is 2.94. The van der Waals surface area contributed by atoms with Crippen molar-refractivity contribution >= 4 is 11.8 Å². The fourth-order valence-corrected chi connectivity index (χ4v) is 1.05. The van der Waals surface area contributed by atoms with Crippen molar-refractivity contribution in [3.05, 3.63) is 36.9 Å². The van der Waals surface area contributed by atoms with Crippen LogP contribution in [0.2, 0.25) is 0 Å². The van der Waals surface area contributed by atoms with Gasteiger partial charge in [-0.2, -0.15) is 0 Å². The summed E-state index contributed by atoms with van der Waals surface area (Å²) in [5, 5.41) is 8.77. The first-order chi connectivity index (χ1) is 7.15. The maximum Gasteiger partial charge on any atom is 0.411 e. The molecule has 0 saturated carbocycles. The number of rotatable bonds is 4. The lowest BCUT2D eigenvalue weighted by atomic mass is 10.3. The molecular weight excluding hydrogens is 194 g/mol. The number of hydrogen-bond acceptors (Lipinski definition) is 2. The van der Waals surface area contributed by atoms with Gasteiger partial charge in [-0.05, 0) is 12.1 Å². The Hall–Kier alpha value is -1.97. The van der Waals surface area contributed by atoms with Gasteiger partial charge in [-0.15, -0.1) is 0 Å². The Morgan fingerprint density at radius 2 is 2.40 bits per heavy atom. The highest BCUT2D eigenvalue weighted by atomic mass is 16.5. The second kappa shape index (κ2) is 5.05. The summed E-state index contributed by atoms with van der Waals surface area (Å²) < 4.78 is 5.29. The quantitative estimate of drug-likeness (QED) is 0.771. The van der Waals surface area contributed by atoms with Crippen LogP contribution in [0.1, 0.15) is 0 Å². The zero-order valence-electron chi connectivity index (χ0n) is 8.51. The fraction of sp³-hybridized carbons (Fsp3) is 0.182. The van der Waals surface area contributed by atoms with Crippen molar-refractivity contribution in [1.29, 1.82) is 0 Å². The van der Waals surface area contributed by atoms with E-state index in [-0.39, 0.29) is 0 Å². The Morgan fingerprint density at radius 1 is 1.67 bits per heavy atom. The van der Waals surface area contributed by atoms with Crippen LogP contribution in [0.3, 0.4) is 0 Å². The average molecular weight is 207 g/mol. The molecule has 4 nitrogen and oxygen atoms in total. The van der Waals surface area contributed by atoms with Gasteiger partial charge in [0.2, 0.25) is 0 Å². The standard InChI is InChI=1S/C11H13NO3/c1-3-7-15-10-6-4-5-9(8-10)12(2)11(13)14/h3-6,8H,1,7H2,2H3,(H,13,14). The van der Waals surface area contributed by atoms with Gasteiger partial charge in [0, 0.05) is 13.1 Å². The highest BCUT2D eigenvalue weighted by molar-refractivity contribution is 5.85. The molecule has 80 valence electrons. The van der Waals surface area contributed by atoms with Gasteiger partial charge in [0.15, 0.2) is 0 Å². The third kappa shape index (κ3) is 3.02. The second-order valence-electron chi connectivity index (χ2n) is 2.94. The zero-order valence-corrected chi connectivity index (χ0v) is 8.51. The number of anilines is 1. The number of carboxylic acid groups (broad SMARTS) is 1. The first kappa shape index (κ1) is 11.1. The van der Waals surface area contributed by atoms with Crippen LogP contribution in [-0.2, 0) is 0 Å². The fourth-order valence-electron chi connectivity index (χ4n) is 1.05. The van der Waals surface area contributed by atoms with E-state index in [1.165, 1.54) is 7.05 Å². The van der Waals surface area contributed by atoms with E-state index in [1.54, 1.807) is 30.3 Å². The van der Waals surface area contributed by atoms with E-state index < -0.39 is 6.09 Å². The third-order valence-corrected chi connectivity index (χ3v) is 1.86. The Bertz CT molecular complexity index is 363. The number of amides is 1. The van der Waals surface area contributed by atoms with Gasteiger partial charge >= 0.3 is 6.09 Å². The summed E-state index contributed by atoms with van der Waals surface area (Å²) in [4.78, 5) is 11.8. The average Bonchev–Trinajstić information content (AvgIpc) is 2.25. The van der Waals surface area contributed by atoms with Crippen molar-refractivity contribution < 1.29 is 14.6 Å². The molecule has 0 aliphatic rings. The molecule has 1 aromatic rings. The molecule has 0 saturated heterocycles. The molecule has 0 bridgehead atoms. The molecule has 0 aromatic heterocycles. The number of hydrogen-bond donors (Lipinski definition) is 1. The van der Waals surface area contributed by atoms with Gasteiger partial charge in [0.25, 0.3) is 0 Å². The summed E-state index contributed by atoms with van der Waals surface area (Å²) >= 11 is 0. The van der Waals surface area contributed by atoms with E-state index in [9.17, 15) is 4.79 Å². The first-order valence-electron chi connectivity index (χ1n) is 4.45. The molecule has 1 N–H and O–H groups in total. The molecular formula is C11H13NO3. The van der Waals surface area contributed by atoms with E-state index in [0.29, 0.717) is 18.0 Å². The van der Waals surface area contributed by atoms with Gasteiger partial charge in [0.05, 0.1) is 5.69 Å². The molecule has 0 unspecified atom stereocenters. The topological polar surface area (TPSA) is 49.8 Å². The maximum absolute atomic E-state index is 10.7. The van der Waals surface area contributed by atoms with Gasteiger partial charge in [-0.25, -0.2) is 4.79 Å². The predicted molar refractivity (Wildman–Crippen MR) is 58.6 cm³/mol. The van der Waals surface area contributed by atoms with Gasteiger partial charge in [-0.1, -0.05) is 18.7 Å². The summed E-state index contributed by atoms with van der Waals surface area (Å²) in [7, 11) is 1.48. The van der Waals surface area contributed by atoms with Crippen LogP contribution in [0, 0.1) is 0 Å². The van der Waals surface area contributed by atoms with E-state index in [2.05, 4.69) is 6.58 Å². The van der Waals surface area contributed by atoms with Crippen LogP contribution >= 0.6 is 0 Å². The van der Waals surface area contributed by atoms with Crippen LogP contribution in [0.5, 0.6) is 5.75 Å². The Morgan fingerprint density at radius 3 is 3.00 bits per heavy atom. The van der Waals surface area contributed by atoms with Crippen LogP contribution in [-0.4, -0.2) is 24.9 Å². The Balaban J connectivity index is 2.82. The first-order valence-corrected chi connectivity index (χ1v) is 4.45. The lowest BCUT2D eigenvalue weighted by Gasteiger charge is -2.13. The van der Waals surface area contributed by atoms with Crippen molar-refractivity contribution in [3.63, 3.8) is 0 Å². The molecule has 0 spiro atoms. The van der Waals surface area contributed by atoms with E-state index in [4.69, 9.17) is 9.84 Å². The lowest BCUT2D eigenvalue weighted by molar-refractivity contribution is 0.203. The van der Waals surface area contributed by atoms with Crippen molar-refractivity contribution in [2.75, 3.05) is 18.6 Å². The van der Waals surface area contributed by atoms with Crippen molar-refractivity contribution in [3.8, 4) is 5.75 Å².